The molecule has 0 aliphatic rings. The summed E-state index contributed by atoms with van der Waals surface area (Å²) in [5, 5.41) is 8.87. The van der Waals surface area contributed by atoms with Crippen molar-refractivity contribution < 1.29 is 5.11 Å². The molecule has 1 aromatic heterocycles. The molecule has 0 spiro atoms. The van der Waals surface area contributed by atoms with Crippen LogP contribution in [0, 0.1) is 0 Å². The van der Waals surface area contributed by atoms with Crippen LogP contribution in [0.5, 0.6) is 0 Å². The van der Waals surface area contributed by atoms with E-state index < -0.39 is 0 Å². The molecular weight excluding hydrogens is 300 g/mol. The number of thioether (sulfide) groups is 1. The summed E-state index contributed by atoms with van der Waals surface area (Å²) in [6, 6.07) is 8.13. The van der Waals surface area contributed by atoms with Gasteiger partial charge in [0, 0.05) is 27.3 Å². The molecule has 2 rings (SSSR count). The van der Waals surface area contributed by atoms with Crippen molar-refractivity contribution in [3.8, 4) is 0 Å². The standard InChI is InChI=1S/C12H11BrN2OS/c13-10-1-3-11(4-2-10)17-8-12-14-5-9(7-16)6-15-12/h1-6,16H,7-8H2. The number of aliphatic hydroxyl groups excluding tert-OH is 1. The average Bonchev–Trinajstić information content (AvgIpc) is 2.39. The molecule has 0 fully saturated rings. The van der Waals surface area contributed by atoms with E-state index in [1.165, 1.54) is 4.90 Å². The molecule has 1 heterocycles. The van der Waals surface area contributed by atoms with Gasteiger partial charge >= 0.3 is 0 Å². The Kier molecular flexibility index (Phi) is 4.53. The molecule has 2 aromatic rings. The summed E-state index contributed by atoms with van der Waals surface area (Å²) in [5.41, 5.74) is 0.738. The van der Waals surface area contributed by atoms with Crippen LogP contribution in [0.3, 0.4) is 0 Å². The summed E-state index contributed by atoms with van der Waals surface area (Å²) in [6.45, 7) is -0.0138. The van der Waals surface area contributed by atoms with Crippen LogP contribution in [-0.4, -0.2) is 15.1 Å². The fraction of sp³-hybridized carbons (Fsp3) is 0.167. The van der Waals surface area contributed by atoms with Crippen molar-refractivity contribution in [1.29, 1.82) is 0 Å². The summed E-state index contributed by atoms with van der Waals surface area (Å²) in [6.07, 6.45) is 3.31. The van der Waals surface area contributed by atoms with E-state index in [1.54, 1.807) is 24.2 Å². The fourth-order valence-electron chi connectivity index (χ4n) is 1.22. The Labute approximate surface area is 112 Å². The molecular formula is C12H11BrN2OS. The summed E-state index contributed by atoms with van der Waals surface area (Å²) in [5.74, 6) is 1.50. The Morgan fingerprint density at radius 2 is 1.76 bits per heavy atom. The van der Waals surface area contributed by atoms with Crippen LogP contribution in [0.1, 0.15) is 11.4 Å². The number of halogens is 1. The van der Waals surface area contributed by atoms with E-state index >= 15 is 0 Å². The third kappa shape index (κ3) is 3.80. The Bertz CT molecular complexity index is 473. The summed E-state index contributed by atoms with van der Waals surface area (Å²) in [7, 11) is 0. The number of aromatic nitrogens is 2. The van der Waals surface area contributed by atoms with Gasteiger partial charge in [-0.05, 0) is 24.3 Å². The van der Waals surface area contributed by atoms with E-state index in [0.717, 1.165) is 21.6 Å². The van der Waals surface area contributed by atoms with Gasteiger partial charge < -0.3 is 5.11 Å². The van der Waals surface area contributed by atoms with Gasteiger partial charge in [0.2, 0.25) is 0 Å². The molecule has 0 aliphatic carbocycles. The first kappa shape index (κ1) is 12.5. The second kappa shape index (κ2) is 6.14. The molecule has 1 N–H and O–H groups in total. The van der Waals surface area contributed by atoms with E-state index in [4.69, 9.17) is 5.11 Å². The number of aliphatic hydroxyl groups is 1. The topological polar surface area (TPSA) is 46.0 Å². The molecule has 3 nitrogen and oxygen atoms in total. The van der Waals surface area contributed by atoms with Gasteiger partial charge in [-0.1, -0.05) is 15.9 Å². The third-order valence-corrected chi connectivity index (χ3v) is 3.66. The van der Waals surface area contributed by atoms with Crippen molar-refractivity contribution in [3.05, 3.63) is 52.5 Å². The van der Waals surface area contributed by atoms with Gasteiger partial charge in [-0.3, -0.25) is 0 Å². The molecule has 0 radical (unpaired) electrons. The van der Waals surface area contributed by atoms with Crippen molar-refractivity contribution in [2.24, 2.45) is 0 Å². The molecule has 0 unspecified atom stereocenters. The Balaban J connectivity index is 1.95. The van der Waals surface area contributed by atoms with Gasteiger partial charge in [0.05, 0.1) is 12.4 Å². The van der Waals surface area contributed by atoms with Crippen LogP contribution in [-0.2, 0) is 12.4 Å². The summed E-state index contributed by atoms with van der Waals surface area (Å²) in [4.78, 5) is 9.55. The van der Waals surface area contributed by atoms with E-state index in [-0.39, 0.29) is 6.61 Å². The highest BCUT2D eigenvalue weighted by atomic mass is 79.9. The van der Waals surface area contributed by atoms with Gasteiger partial charge in [0.25, 0.3) is 0 Å². The molecule has 88 valence electrons. The van der Waals surface area contributed by atoms with Gasteiger partial charge in [-0.25, -0.2) is 9.97 Å². The molecule has 0 aliphatic heterocycles. The van der Waals surface area contributed by atoms with Crippen LogP contribution in [0.15, 0.2) is 46.0 Å². The highest BCUT2D eigenvalue weighted by molar-refractivity contribution is 9.10. The lowest BCUT2D eigenvalue weighted by atomic mass is 10.4. The minimum absolute atomic E-state index is 0.0138. The van der Waals surface area contributed by atoms with Crippen LogP contribution >= 0.6 is 27.7 Å². The predicted octanol–water partition coefficient (Wildman–Crippen LogP) is 3.02. The number of hydrogen-bond acceptors (Lipinski definition) is 4. The maximum absolute atomic E-state index is 8.87. The van der Waals surface area contributed by atoms with Crippen LogP contribution in [0.2, 0.25) is 0 Å². The molecule has 17 heavy (non-hydrogen) atoms. The number of rotatable bonds is 4. The van der Waals surface area contributed by atoms with E-state index in [2.05, 4.69) is 38.0 Å². The maximum atomic E-state index is 8.87. The monoisotopic (exact) mass is 310 g/mol. The van der Waals surface area contributed by atoms with E-state index in [0.29, 0.717) is 0 Å². The smallest absolute Gasteiger partial charge is 0.138 e. The maximum Gasteiger partial charge on any atom is 0.138 e. The summed E-state index contributed by atoms with van der Waals surface area (Å²) < 4.78 is 1.07. The summed E-state index contributed by atoms with van der Waals surface area (Å²) >= 11 is 5.09. The van der Waals surface area contributed by atoms with Gasteiger partial charge in [0.15, 0.2) is 0 Å². The number of benzene rings is 1. The normalized spacial score (nSPS) is 10.5. The van der Waals surface area contributed by atoms with Crippen LogP contribution in [0.4, 0.5) is 0 Å². The van der Waals surface area contributed by atoms with Crippen LogP contribution < -0.4 is 0 Å². The van der Waals surface area contributed by atoms with E-state index in [9.17, 15) is 0 Å². The molecule has 0 atom stereocenters. The lowest BCUT2D eigenvalue weighted by molar-refractivity contribution is 0.281. The highest BCUT2D eigenvalue weighted by Gasteiger charge is 1.99. The predicted molar refractivity (Wildman–Crippen MR) is 71.7 cm³/mol. The van der Waals surface area contributed by atoms with E-state index in [1.807, 2.05) is 12.1 Å². The first-order valence-corrected chi connectivity index (χ1v) is 6.85. The minimum atomic E-state index is -0.0138. The Morgan fingerprint density at radius 1 is 1.12 bits per heavy atom. The highest BCUT2D eigenvalue weighted by Crippen LogP contribution is 2.22. The quantitative estimate of drug-likeness (QED) is 0.882. The largest absolute Gasteiger partial charge is 0.392 e. The van der Waals surface area contributed by atoms with Gasteiger partial charge in [0.1, 0.15) is 5.82 Å². The fourth-order valence-corrected chi connectivity index (χ4v) is 2.25. The van der Waals surface area contributed by atoms with Gasteiger partial charge in [-0.2, -0.15) is 0 Å². The van der Waals surface area contributed by atoms with Crippen LogP contribution in [0.25, 0.3) is 0 Å². The van der Waals surface area contributed by atoms with Crippen molar-refractivity contribution in [2.45, 2.75) is 17.3 Å². The number of nitrogens with zero attached hydrogens (tertiary/aromatic N) is 2. The zero-order valence-electron chi connectivity index (χ0n) is 9.01. The van der Waals surface area contributed by atoms with Crippen molar-refractivity contribution >= 4 is 27.7 Å². The zero-order chi connectivity index (χ0) is 12.1. The van der Waals surface area contributed by atoms with Gasteiger partial charge in [-0.15, -0.1) is 11.8 Å². The third-order valence-electron chi connectivity index (χ3n) is 2.12. The molecule has 0 amide bonds. The van der Waals surface area contributed by atoms with Crippen molar-refractivity contribution in [2.75, 3.05) is 0 Å². The zero-order valence-corrected chi connectivity index (χ0v) is 11.4. The first-order valence-electron chi connectivity index (χ1n) is 5.07. The molecule has 0 bridgehead atoms. The van der Waals surface area contributed by atoms with Crippen molar-refractivity contribution in [1.82, 2.24) is 9.97 Å². The molecule has 0 saturated heterocycles. The number of hydrogen-bond donors (Lipinski definition) is 1. The SMILES string of the molecule is OCc1cnc(CSc2ccc(Br)cc2)nc1. The lowest BCUT2D eigenvalue weighted by Crippen LogP contribution is -1.94. The Morgan fingerprint density at radius 3 is 2.35 bits per heavy atom. The lowest BCUT2D eigenvalue weighted by Gasteiger charge is -2.01. The first-order chi connectivity index (χ1) is 8.28. The van der Waals surface area contributed by atoms with Crippen molar-refractivity contribution in [3.63, 3.8) is 0 Å². The molecule has 1 aromatic carbocycles. The molecule has 0 saturated carbocycles. The Hall–Kier alpha value is -0.910. The second-order valence-electron chi connectivity index (χ2n) is 3.41. The molecule has 5 heteroatoms. The average molecular weight is 311 g/mol. The second-order valence-corrected chi connectivity index (χ2v) is 5.37. The minimum Gasteiger partial charge on any atom is -0.392 e.